The number of hydrogen-bond donors (Lipinski definition) is 0. The van der Waals surface area contributed by atoms with Gasteiger partial charge in [0.15, 0.2) is 0 Å². The first-order valence-electron chi connectivity index (χ1n) is 11.2. The molecule has 3 aromatic rings. The van der Waals surface area contributed by atoms with E-state index in [0.29, 0.717) is 0 Å². The molecule has 0 amide bonds. The van der Waals surface area contributed by atoms with Gasteiger partial charge in [0.2, 0.25) is 0 Å². The van der Waals surface area contributed by atoms with Crippen LogP contribution in [0.4, 0.5) is 11.4 Å². The quantitative estimate of drug-likeness (QED) is 0.179. The maximum absolute atomic E-state index is 4.97. The van der Waals surface area contributed by atoms with Gasteiger partial charge >= 0.3 is 33.3 Å². The van der Waals surface area contributed by atoms with Gasteiger partial charge in [0, 0.05) is 12.1 Å². The first-order valence-corrected chi connectivity index (χ1v) is 14.2. The van der Waals surface area contributed by atoms with Crippen molar-refractivity contribution in [2.45, 2.75) is 69.2 Å². The van der Waals surface area contributed by atoms with Gasteiger partial charge in [-0.25, -0.2) is 9.98 Å². The molecule has 1 aromatic heterocycles. The van der Waals surface area contributed by atoms with E-state index in [1.165, 1.54) is 44.5 Å². The van der Waals surface area contributed by atoms with E-state index < -0.39 is 0 Å². The van der Waals surface area contributed by atoms with Crippen molar-refractivity contribution in [2.24, 2.45) is 9.98 Å². The molecule has 3 nitrogen and oxygen atoms in total. The molecule has 184 valence electrons. The second kappa shape index (κ2) is 12.2. The van der Waals surface area contributed by atoms with Gasteiger partial charge in [-0.05, 0) is 114 Å². The van der Waals surface area contributed by atoms with E-state index in [1.54, 1.807) is 0 Å². The van der Waals surface area contributed by atoms with Crippen LogP contribution in [0.5, 0.6) is 0 Å². The molecule has 2 aromatic carbocycles. The predicted octanol–water partition coefficient (Wildman–Crippen LogP) is 9.52. The van der Waals surface area contributed by atoms with E-state index in [-0.39, 0.29) is 13.1 Å². The van der Waals surface area contributed by atoms with Crippen LogP contribution in [0, 0.1) is 55.4 Å². The number of halogens is 2. The van der Waals surface area contributed by atoms with E-state index in [2.05, 4.69) is 67.5 Å². The van der Waals surface area contributed by atoms with E-state index in [9.17, 15) is 0 Å². The third kappa shape index (κ3) is 6.43. The Bertz CT molecular complexity index is 1110. The average Bonchev–Trinajstić information content (AvgIpc) is 3.28. The summed E-state index contributed by atoms with van der Waals surface area (Å²) in [5, 5.41) is 0. The summed E-state index contributed by atoms with van der Waals surface area (Å²) >= 11 is 0.194. The van der Waals surface area contributed by atoms with Crippen LogP contribution in [0.25, 0.3) is 0 Å². The molecule has 0 aliphatic carbocycles. The topological polar surface area (TPSA) is 37.5 Å². The number of nitrogens with zero attached hydrogens (tertiary/aromatic N) is 2. The number of furan rings is 1. The zero-order valence-electron chi connectivity index (χ0n) is 21.8. The Morgan fingerprint density at radius 2 is 0.882 bits per heavy atom. The van der Waals surface area contributed by atoms with Gasteiger partial charge < -0.3 is 4.42 Å². The van der Waals surface area contributed by atoms with Gasteiger partial charge in [-0.3, -0.25) is 0 Å². The molecule has 0 radical (unpaired) electrons. The number of hydrogen-bond acceptors (Lipinski definition) is 2. The van der Waals surface area contributed by atoms with Crippen molar-refractivity contribution in [3.63, 3.8) is 0 Å². The Hall–Kier alpha value is -1.84. The molecule has 0 spiro atoms. The summed E-state index contributed by atoms with van der Waals surface area (Å²) in [6, 6.07) is 8.55. The van der Waals surface area contributed by atoms with Crippen molar-refractivity contribution in [3.05, 3.63) is 80.3 Å². The van der Waals surface area contributed by atoms with Crippen molar-refractivity contribution in [3.8, 4) is 0 Å². The molecular formula is C28H35Cl2FeN2O+. The Balaban J connectivity index is 0.00000129. The predicted molar refractivity (Wildman–Crippen MR) is 146 cm³/mol. The normalized spacial score (nSPS) is 12.1. The zero-order chi connectivity index (χ0) is 25.7. The third-order valence-electron chi connectivity index (χ3n) is 6.59. The summed E-state index contributed by atoms with van der Waals surface area (Å²) in [7, 11) is 9.53. The first kappa shape index (κ1) is 28.4. The molecule has 6 heteroatoms. The van der Waals surface area contributed by atoms with Crippen molar-refractivity contribution in [2.75, 3.05) is 0 Å². The van der Waals surface area contributed by atoms with Gasteiger partial charge in [0.25, 0.3) is 11.5 Å². The molecule has 0 saturated heterocycles. The van der Waals surface area contributed by atoms with Gasteiger partial charge in [-0.2, -0.15) is 0 Å². The molecule has 0 atom stereocenters. The fraction of sp³-hybridized carbons (Fsp3) is 0.357. The monoisotopic (exact) mass is 541 g/mol. The molecule has 34 heavy (non-hydrogen) atoms. The zero-order valence-corrected chi connectivity index (χ0v) is 24.4. The molecule has 1 heterocycles. The number of aryl methyl sites for hydroxylation is 4. The van der Waals surface area contributed by atoms with Crippen molar-refractivity contribution >= 4 is 43.0 Å². The summed E-state index contributed by atoms with van der Waals surface area (Å²) in [5.41, 5.74) is 14.0. The van der Waals surface area contributed by atoms with Gasteiger partial charge in [0.05, 0.1) is 11.4 Å². The minimum absolute atomic E-state index is 0.194. The summed E-state index contributed by atoms with van der Waals surface area (Å²) in [4.78, 5) is 9.94. The van der Waals surface area contributed by atoms with E-state index in [1.807, 2.05) is 26.0 Å². The average molecular weight is 542 g/mol. The molecule has 0 aliphatic rings. The first-order chi connectivity index (χ1) is 15.9. The number of rotatable bonds is 4. The van der Waals surface area contributed by atoms with Crippen molar-refractivity contribution < 1.29 is 17.6 Å². The van der Waals surface area contributed by atoms with Crippen LogP contribution in [-0.2, 0) is 13.1 Å². The van der Waals surface area contributed by atoms with Crippen LogP contribution in [-0.4, -0.2) is 11.4 Å². The maximum atomic E-state index is 4.97. The number of aliphatic imine (C=N–C) groups is 2. The Morgan fingerprint density at radius 3 is 1.15 bits per heavy atom. The molecule has 0 saturated carbocycles. The standard InChI is InChI=1S/C28H34N2O.2ClH.Fe/c1-15-13-16(2)20(6)27(19(15)5)29-23(9)25-11-12-26(31-25)24(10)30-28-21(7)17(3)14-18(4)22(28)8;;;/h11-14H,1-10H3;2*1H;/q;;;+2/p-1. The van der Waals surface area contributed by atoms with Crippen LogP contribution >= 0.6 is 20.2 Å². The van der Waals surface area contributed by atoms with Crippen LogP contribution in [0.3, 0.4) is 0 Å². The van der Waals surface area contributed by atoms with Crippen molar-refractivity contribution in [1.29, 1.82) is 0 Å². The Kier molecular flexibility index (Phi) is 10.2. The molecule has 1 N–H and O–H groups in total. The van der Waals surface area contributed by atoms with Gasteiger partial charge in [-0.1, -0.05) is 12.1 Å². The summed E-state index contributed by atoms with van der Waals surface area (Å²) in [5.74, 6) is 1.80. The van der Waals surface area contributed by atoms with E-state index >= 15 is 0 Å². The van der Waals surface area contributed by atoms with Crippen LogP contribution in [0.1, 0.15) is 69.9 Å². The van der Waals surface area contributed by atoms with E-state index in [0.717, 1.165) is 34.3 Å². The molecule has 0 fully saturated rings. The third-order valence-corrected chi connectivity index (χ3v) is 6.59. The fourth-order valence-electron chi connectivity index (χ4n) is 3.94. The molecular weight excluding hydrogens is 507 g/mol. The fourth-order valence-corrected chi connectivity index (χ4v) is 3.94. The van der Waals surface area contributed by atoms with Gasteiger partial charge in [0.1, 0.15) is 11.4 Å². The van der Waals surface area contributed by atoms with Crippen LogP contribution in [0.15, 0.2) is 38.7 Å². The number of benzene rings is 2. The minimum atomic E-state index is 0.194. The Morgan fingerprint density at radius 1 is 0.618 bits per heavy atom. The molecule has 3 rings (SSSR count). The summed E-state index contributed by atoms with van der Waals surface area (Å²) in [6.45, 7) is 21.2. The SMILES string of the molecule is CC(=Nc1c(C)c(C)cc(C)c1C)c1ccc(C(C)=Nc2c(C)c(C)cc(C)c2C)[oH+]1.[Cl][Fe][Cl]. The summed E-state index contributed by atoms with van der Waals surface area (Å²) in [6.07, 6.45) is 0. The second-order valence-corrected chi connectivity index (χ2v) is 10.7. The molecule has 0 aliphatic heterocycles. The Labute approximate surface area is 219 Å². The van der Waals surface area contributed by atoms with Crippen molar-refractivity contribution in [1.82, 2.24) is 0 Å². The van der Waals surface area contributed by atoms with E-state index in [4.69, 9.17) is 34.6 Å². The van der Waals surface area contributed by atoms with Gasteiger partial charge in [-0.15, -0.1) is 0 Å². The second-order valence-electron chi connectivity index (χ2n) is 8.88. The van der Waals surface area contributed by atoms with Crippen LogP contribution < -0.4 is 0 Å². The van der Waals surface area contributed by atoms with Crippen LogP contribution in [0.2, 0.25) is 0 Å². The molecule has 0 bridgehead atoms. The summed E-state index contributed by atoms with van der Waals surface area (Å²) < 4.78 is 4.85. The molecule has 0 unspecified atom stereocenters.